The molecule has 0 bridgehead atoms. The molecule has 4 N–H and O–H groups in total. The standard InChI is InChI=1S/C43H47N3O4S3/c1-42(2,3)50-41(49)45-35(29-53-43(31-16-8-5-9-17-31,32-18-10-6-11-19-32)33-20-12-7-13-21-33)28-44-34-23-24-36-30(27-34)15-14-22-37(36)39(51)46-38(40(47)48)25-26-52-4/h5-24,27,35,38,44H,25-26,28-29H2,1-4H3,(H,45,49)(H,46,51)(H,47,48)/t35-,38+/m1/s1. The predicted octanol–water partition coefficient (Wildman–Crippen LogP) is 9.34. The van der Waals surface area contributed by atoms with Gasteiger partial charge in [0, 0.05) is 23.5 Å². The molecule has 0 aliphatic rings. The first-order valence-corrected chi connectivity index (χ1v) is 20.4. The van der Waals surface area contributed by atoms with Crippen LogP contribution in [0.25, 0.3) is 10.8 Å². The van der Waals surface area contributed by atoms with Crippen LogP contribution in [-0.4, -0.2) is 64.1 Å². The van der Waals surface area contributed by atoms with Gasteiger partial charge < -0.3 is 25.8 Å². The SMILES string of the molecule is CSCC[C@H](NC(=S)c1cccc2cc(NC[C@H](CSC(c3ccccc3)(c3ccccc3)c3ccccc3)NC(=O)OC(C)(C)C)ccc12)C(=O)O. The Hall–Kier alpha value is -4.51. The van der Waals surface area contributed by atoms with E-state index in [1.54, 1.807) is 23.5 Å². The Balaban J connectivity index is 1.42. The molecule has 0 heterocycles. The average Bonchev–Trinajstić information content (AvgIpc) is 3.15. The van der Waals surface area contributed by atoms with Crippen molar-refractivity contribution >= 4 is 69.3 Å². The molecule has 1 amide bonds. The lowest BCUT2D eigenvalue weighted by molar-refractivity contribution is -0.139. The van der Waals surface area contributed by atoms with Crippen molar-refractivity contribution in [3.05, 3.63) is 150 Å². The summed E-state index contributed by atoms with van der Waals surface area (Å²) in [7, 11) is 0. The van der Waals surface area contributed by atoms with Gasteiger partial charge in [0.2, 0.25) is 0 Å². The van der Waals surface area contributed by atoms with Crippen LogP contribution in [0.3, 0.4) is 0 Å². The van der Waals surface area contributed by atoms with Crippen LogP contribution < -0.4 is 16.0 Å². The number of carbonyl (C=O) groups is 2. The number of amides is 1. The fraction of sp³-hybridized carbons (Fsp3) is 0.279. The van der Waals surface area contributed by atoms with E-state index in [9.17, 15) is 14.7 Å². The fourth-order valence-corrected chi connectivity index (χ4v) is 8.53. The number of rotatable bonds is 16. The van der Waals surface area contributed by atoms with Crippen molar-refractivity contribution in [1.82, 2.24) is 10.6 Å². The molecule has 53 heavy (non-hydrogen) atoms. The summed E-state index contributed by atoms with van der Waals surface area (Å²) in [4.78, 5) is 25.5. The summed E-state index contributed by atoms with van der Waals surface area (Å²) in [6.07, 6.45) is 1.95. The number of benzene rings is 5. The van der Waals surface area contributed by atoms with Crippen LogP contribution in [0.5, 0.6) is 0 Å². The van der Waals surface area contributed by atoms with E-state index in [4.69, 9.17) is 17.0 Å². The lowest BCUT2D eigenvalue weighted by Crippen LogP contribution is -2.45. The zero-order chi connectivity index (χ0) is 37.8. The smallest absolute Gasteiger partial charge is 0.407 e. The maximum atomic E-state index is 13.2. The Labute approximate surface area is 326 Å². The number of carboxylic acids is 1. The summed E-state index contributed by atoms with van der Waals surface area (Å²) < 4.78 is 5.16. The number of carbonyl (C=O) groups excluding carboxylic acids is 1. The first-order chi connectivity index (χ1) is 25.5. The van der Waals surface area contributed by atoms with Crippen LogP contribution in [0.2, 0.25) is 0 Å². The molecule has 0 radical (unpaired) electrons. The molecule has 0 unspecified atom stereocenters. The normalized spacial score (nSPS) is 12.8. The van der Waals surface area contributed by atoms with Crippen molar-refractivity contribution in [3.8, 4) is 0 Å². The van der Waals surface area contributed by atoms with E-state index in [2.05, 4.69) is 88.7 Å². The summed E-state index contributed by atoms with van der Waals surface area (Å²) >= 11 is 9.08. The summed E-state index contributed by atoms with van der Waals surface area (Å²) in [5.74, 6) is 0.351. The Bertz CT molecular complexity index is 1870. The van der Waals surface area contributed by atoms with Gasteiger partial charge in [0.05, 0.1) is 10.8 Å². The van der Waals surface area contributed by atoms with Crippen LogP contribution in [0.1, 0.15) is 49.4 Å². The molecular weight excluding hydrogens is 719 g/mol. The van der Waals surface area contributed by atoms with Crippen molar-refractivity contribution in [3.63, 3.8) is 0 Å². The zero-order valence-corrected chi connectivity index (χ0v) is 33.0. The fourth-order valence-electron chi connectivity index (χ4n) is 6.18. The number of thioether (sulfide) groups is 2. The summed E-state index contributed by atoms with van der Waals surface area (Å²) in [6.45, 7) is 6.00. The summed E-state index contributed by atoms with van der Waals surface area (Å²) in [5.41, 5.74) is 4.43. The number of carboxylic acid groups (broad SMARTS) is 1. The van der Waals surface area contributed by atoms with Crippen molar-refractivity contribution in [2.75, 3.05) is 29.6 Å². The topological polar surface area (TPSA) is 99.7 Å². The van der Waals surface area contributed by atoms with Gasteiger partial charge in [-0.05, 0) is 78.8 Å². The molecule has 0 aliphatic carbocycles. The molecule has 0 fully saturated rings. The predicted molar refractivity (Wildman–Crippen MR) is 227 cm³/mol. The van der Waals surface area contributed by atoms with Gasteiger partial charge in [-0.15, -0.1) is 11.8 Å². The van der Waals surface area contributed by atoms with Crippen molar-refractivity contribution in [1.29, 1.82) is 0 Å². The molecule has 0 saturated heterocycles. The van der Waals surface area contributed by atoms with Gasteiger partial charge in [-0.25, -0.2) is 9.59 Å². The van der Waals surface area contributed by atoms with E-state index < -0.39 is 28.5 Å². The van der Waals surface area contributed by atoms with Gasteiger partial charge >= 0.3 is 12.1 Å². The monoisotopic (exact) mass is 765 g/mol. The van der Waals surface area contributed by atoms with Crippen molar-refractivity contribution < 1.29 is 19.4 Å². The number of alkyl carbamates (subject to hydrolysis) is 1. The Morgan fingerprint density at radius 3 is 1.91 bits per heavy atom. The summed E-state index contributed by atoms with van der Waals surface area (Å²) in [5, 5.41) is 21.4. The number of fused-ring (bicyclic) bond motifs is 1. The third-order valence-corrected chi connectivity index (χ3v) is 11.3. The Morgan fingerprint density at radius 2 is 1.38 bits per heavy atom. The number of thiocarbonyl (C=S) groups is 1. The Morgan fingerprint density at radius 1 is 0.792 bits per heavy atom. The van der Waals surface area contributed by atoms with Crippen LogP contribution in [0.15, 0.2) is 127 Å². The highest BCUT2D eigenvalue weighted by Crippen LogP contribution is 2.48. The maximum absolute atomic E-state index is 13.2. The number of aliphatic carboxylic acids is 1. The van der Waals surface area contributed by atoms with E-state index in [0.717, 1.165) is 38.7 Å². The van der Waals surface area contributed by atoms with Crippen LogP contribution in [0.4, 0.5) is 10.5 Å². The molecule has 2 atom stereocenters. The highest BCUT2D eigenvalue weighted by Gasteiger charge is 2.38. The highest BCUT2D eigenvalue weighted by molar-refractivity contribution is 8.00. The molecule has 0 saturated carbocycles. The zero-order valence-electron chi connectivity index (χ0n) is 30.5. The third kappa shape index (κ3) is 10.6. The number of hydrogen-bond donors (Lipinski definition) is 4. The minimum absolute atomic E-state index is 0.321. The van der Waals surface area contributed by atoms with E-state index in [1.165, 1.54) is 0 Å². The van der Waals surface area contributed by atoms with E-state index in [0.29, 0.717) is 29.5 Å². The lowest BCUT2D eigenvalue weighted by atomic mass is 9.84. The second-order valence-electron chi connectivity index (χ2n) is 13.7. The van der Waals surface area contributed by atoms with Gasteiger partial charge in [0.1, 0.15) is 16.6 Å². The quantitative estimate of drug-likeness (QED) is 0.0579. The molecule has 0 aliphatic heterocycles. The minimum Gasteiger partial charge on any atom is -0.480 e. The summed E-state index contributed by atoms with van der Waals surface area (Å²) in [6, 6.07) is 42.3. The largest absolute Gasteiger partial charge is 0.480 e. The lowest BCUT2D eigenvalue weighted by Gasteiger charge is -2.37. The minimum atomic E-state index is -0.922. The third-order valence-electron chi connectivity index (χ3n) is 8.65. The Kier molecular flexibility index (Phi) is 13.9. The molecule has 7 nitrogen and oxygen atoms in total. The number of hydrogen-bond acceptors (Lipinski definition) is 7. The van der Waals surface area contributed by atoms with E-state index in [-0.39, 0.29) is 6.04 Å². The molecule has 0 aromatic heterocycles. The molecule has 276 valence electrons. The molecule has 0 spiro atoms. The van der Waals surface area contributed by atoms with Gasteiger partial charge in [0.15, 0.2) is 0 Å². The molecule has 10 heteroatoms. The first kappa shape index (κ1) is 39.7. The number of nitrogens with one attached hydrogen (secondary N) is 3. The number of anilines is 1. The van der Waals surface area contributed by atoms with Gasteiger partial charge in [-0.3, -0.25) is 0 Å². The van der Waals surface area contributed by atoms with Gasteiger partial charge in [-0.1, -0.05) is 127 Å². The molecular formula is C43H47N3O4S3. The van der Waals surface area contributed by atoms with Crippen molar-refractivity contribution in [2.24, 2.45) is 0 Å². The van der Waals surface area contributed by atoms with Gasteiger partial charge in [-0.2, -0.15) is 11.8 Å². The highest BCUT2D eigenvalue weighted by atomic mass is 32.2. The van der Waals surface area contributed by atoms with Crippen molar-refractivity contribution in [2.45, 2.75) is 49.6 Å². The maximum Gasteiger partial charge on any atom is 0.407 e. The first-order valence-electron chi connectivity index (χ1n) is 17.6. The van der Waals surface area contributed by atoms with E-state index in [1.807, 2.05) is 81.6 Å². The number of ether oxygens (including phenoxy) is 1. The van der Waals surface area contributed by atoms with Gasteiger partial charge in [0.25, 0.3) is 0 Å². The molecule has 5 rings (SSSR count). The van der Waals surface area contributed by atoms with Crippen LogP contribution >= 0.6 is 35.7 Å². The average molecular weight is 766 g/mol. The van der Waals surface area contributed by atoms with Crippen LogP contribution in [0, 0.1) is 0 Å². The second-order valence-corrected chi connectivity index (χ2v) is 16.3. The van der Waals surface area contributed by atoms with Crippen LogP contribution in [-0.2, 0) is 14.3 Å². The van der Waals surface area contributed by atoms with E-state index >= 15 is 0 Å². The second kappa shape index (κ2) is 18.5. The molecule has 5 aromatic carbocycles. The molecule has 5 aromatic rings.